The van der Waals surface area contributed by atoms with Gasteiger partial charge in [-0.2, -0.15) is 0 Å². The molecule has 0 unspecified atom stereocenters. The number of carboxylic acid groups (broad SMARTS) is 1. The number of unbranched alkanes of at least 4 members (excludes halogenated alkanes) is 18. The minimum atomic E-state index is -0.659. The lowest BCUT2D eigenvalue weighted by atomic mass is 10.1. The molecule has 0 aromatic carbocycles. The monoisotopic (exact) mass is 496 g/mol. The molecule has 0 aromatic rings. The highest BCUT2D eigenvalue weighted by molar-refractivity contribution is 5.87. The molecular formula is C31H60O4. The number of hydrogen-bond acceptors (Lipinski definition) is 3. The molecule has 0 bridgehead atoms. The van der Waals surface area contributed by atoms with Gasteiger partial charge in [-0.15, -0.1) is 0 Å². The first-order valence-electron chi connectivity index (χ1n) is 15.1. The van der Waals surface area contributed by atoms with E-state index in [1.165, 1.54) is 109 Å². The van der Waals surface area contributed by atoms with Crippen molar-refractivity contribution in [2.24, 2.45) is 0 Å². The van der Waals surface area contributed by atoms with Crippen molar-refractivity contribution in [3.8, 4) is 0 Å². The highest BCUT2D eigenvalue weighted by Gasteiger charge is 2.07. The van der Waals surface area contributed by atoms with E-state index in [4.69, 9.17) is 9.84 Å². The molecule has 0 radical (unpaired) electrons. The van der Waals surface area contributed by atoms with Gasteiger partial charge in [0.2, 0.25) is 0 Å². The Bertz CT molecular complexity index is 473. The number of esters is 1. The molecule has 0 saturated heterocycles. The minimum Gasteiger partial charge on any atom is -0.481 e. The molecule has 0 aliphatic carbocycles. The summed E-state index contributed by atoms with van der Waals surface area (Å²) in [6.45, 7) is 11.0. The van der Waals surface area contributed by atoms with Gasteiger partial charge in [0.25, 0.3) is 0 Å². The van der Waals surface area contributed by atoms with Crippen LogP contribution in [-0.4, -0.2) is 23.7 Å². The van der Waals surface area contributed by atoms with Gasteiger partial charge in [-0.3, -0.25) is 4.79 Å². The van der Waals surface area contributed by atoms with Crippen LogP contribution in [0.1, 0.15) is 168 Å². The van der Waals surface area contributed by atoms with Crippen molar-refractivity contribution < 1.29 is 19.4 Å². The summed E-state index contributed by atoms with van der Waals surface area (Å²) in [6.07, 6.45) is 27.1. The Labute approximate surface area is 218 Å². The zero-order valence-electron chi connectivity index (χ0n) is 23.8. The zero-order valence-corrected chi connectivity index (χ0v) is 23.8. The Balaban J connectivity index is 0. The molecule has 4 nitrogen and oxygen atoms in total. The molecular weight excluding hydrogens is 436 g/mol. The van der Waals surface area contributed by atoms with Crippen LogP contribution in [0, 0.1) is 0 Å². The minimum absolute atomic E-state index is 0.186. The molecule has 0 rings (SSSR count). The number of carbonyl (C=O) groups is 2. The first-order valence-corrected chi connectivity index (χ1v) is 15.1. The SMILES string of the molecule is C=C(CCCCCC)C(=O)OCCCCCCCCCC.CCCCCCCCCCCC(=O)O. The number of rotatable bonds is 25. The van der Waals surface area contributed by atoms with Gasteiger partial charge in [0.1, 0.15) is 0 Å². The Morgan fingerprint density at radius 2 is 0.886 bits per heavy atom. The number of aliphatic carboxylic acids is 1. The molecule has 0 fully saturated rings. The van der Waals surface area contributed by atoms with Crippen molar-refractivity contribution in [3.63, 3.8) is 0 Å². The summed E-state index contributed by atoms with van der Waals surface area (Å²) < 4.78 is 5.27. The second-order valence-electron chi connectivity index (χ2n) is 10.00. The summed E-state index contributed by atoms with van der Waals surface area (Å²) in [7, 11) is 0. The third kappa shape index (κ3) is 32.7. The highest BCUT2D eigenvalue weighted by atomic mass is 16.5. The van der Waals surface area contributed by atoms with Gasteiger partial charge in [0, 0.05) is 12.0 Å². The topological polar surface area (TPSA) is 63.6 Å². The maximum absolute atomic E-state index is 11.7. The molecule has 0 saturated carbocycles. The zero-order chi connectivity index (χ0) is 26.4. The van der Waals surface area contributed by atoms with Crippen molar-refractivity contribution in [3.05, 3.63) is 12.2 Å². The van der Waals surface area contributed by atoms with Crippen LogP contribution >= 0.6 is 0 Å². The second-order valence-corrected chi connectivity index (χ2v) is 10.00. The fourth-order valence-corrected chi connectivity index (χ4v) is 3.96. The van der Waals surface area contributed by atoms with Gasteiger partial charge in [-0.05, 0) is 25.7 Å². The van der Waals surface area contributed by atoms with Gasteiger partial charge in [0.05, 0.1) is 6.61 Å². The molecule has 0 aliphatic rings. The van der Waals surface area contributed by atoms with E-state index in [0.29, 0.717) is 18.6 Å². The molecule has 0 aliphatic heterocycles. The van der Waals surface area contributed by atoms with Crippen LogP contribution in [0.15, 0.2) is 12.2 Å². The smallest absolute Gasteiger partial charge is 0.333 e. The van der Waals surface area contributed by atoms with Crippen LogP contribution in [0.4, 0.5) is 0 Å². The van der Waals surface area contributed by atoms with Gasteiger partial charge >= 0.3 is 11.9 Å². The number of carboxylic acids is 1. The van der Waals surface area contributed by atoms with Crippen molar-refractivity contribution >= 4 is 11.9 Å². The molecule has 0 amide bonds. The fraction of sp³-hybridized carbons (Fsp3) is 0.871. The summed E-state index contributed by atoms with van der Waals surface area (Å²) in [5.41, 5.74) is 0.644. The van der Waals surface area contributed by atoms with E-state index >= 15 is 0 Å². The van der Waals surface area contributed by atoms with Crippen molar-refractivity contribution in [2.45, 2.75) is 168 Å². The van der Waals surface area contributed by atoms with E-state index in [9.17, 15) is 9.59 Å². The largest absolute Gasteiger partial charge is 0.481 e. The summed E-state index contributed by atoms with van der Waals surface area (Å²) in [5, 5.41) is 8.41. The average molecular weight is 497 g/mol. The first-order chi connectivity index (χ1) is 17.0. The standard InChI is InChI=1S/C19H36O2.C12H24O2/c1-4-6-8-10-11-12-13-15-17-21-19(20)18(3)16-14-9-7-5-2;1-2-3-4-5-6-7-8-9-10-11-12(13)14/h3-17H2,1-2H3;2-11H2,1H3,(H,13,14). The van der Waals surface area contributed by atoms with Gasteiger partial charge in [-0.1, -0.05) is 143 Å². The predicted octanol–water partition coefficient (Wildman–Crippen LogP) is 10.2. The summed E-state index contributed by atoms with van der Waals surface area (Å²) in [5.74, 6) is -0.845. The van der Waals surface area contributed by atoms with Gasteiger partial charge in [0.15, 0.2) is 0 Å². The first kappa shape index (κ1) is 35.8. The molecule has 0 aromatic heterocycles. The summed E-state index contributed by atoms with van der Waals surface area (Å²) >= 11 is 0. The van der Waals surface area contributed by atoms with Crippen LogP contribution < -0.4 is 0 Å². The maximum Gasteiger partial charge on any atom is 0.333 e. The average Bonchev–Trinajstić information content (AvgIpc) is 2.84. The summed E-state index contributed by atoms with van der Waals surface area (Å²) in [4.78, 5) is 21.9. The second kappa shape index (κ2) is 30.7. The van der Waals surface area contributed by atoms with Crippen molar-refractivity contribution in [1.29, 1.82) is 0 Å². The molecule has 0 spiro atoms. The fourth-order valence-electron chi connectivity index (χ4n) is 3.96. The quantitative estimate of drug-likeness (QED) is 0.0775. The van der Waals surface area contributed by atoms with Crippen LogP contribution in [-0.2, 0) is 14.3 Å². The third-order valence-electron chi connectivity index (χ3n) is 6.35. The van der Waals surface area contributed by atoms with Crippen molar-refractivity contribution in [2.75, 3.05) is 6.61 Å². The van der Waals surface area contributed by atoms with Gasteiger partial charge in [-0.25, -0.2) is 4.79 Å². The molecule has 0 atom stereocenters. The Morgan fingerprint density at radius 1 is 0.543 bits per heavy atom. The maximum atomic E-state index is 11.7. The van der Waals surface area contributed by atoms with E-state index in [0.717, 1.165) is 32.1 Å². The van der Waals surface area contributed by atoms with Crippen LogP contribution in [0.25, 0.3) is 0 Å². The van der Waals surface area contributed by atoms with E-state index in [2.05, 4.69) is 27.4 Å². The van der Waals surface area contributed by atoms with E-state index in [1.54, 1.807) is 0 Å². The molecule has 1 N–H and O–H groups in total. The number of ether oxygens (including phenoxy) is 1. The molecule has 0 heterocycles. The van der Waals surface area contributed by atoms with E-state index in [1.807, 2.05) is 0 Å². The van der Waals surface area contributed by atoms with E-state index in [-0.39, 0.29) is 5.97 Å². The Hall–Kier alpha value is -1.32. The van der Waals surface area contributed by atoms with Gasteiger partial charge < -0.3 is 9.84 Å². The lowest BCUT2D eigenvalue weighted by Crippen LogP contribution is -2.08. The van der Waals surface area contributed by atoms with Crippen LogP contribution in [0.5, 0.6) is 0 Å². The number of carbonyl (C=O) groups excluding carboxylic acids is 1. The molecule has 208 valence electrons. The lowest BCUT2D eigenvalue weighted by Gasteiger charge is -2.07. The lowest BCUT2D eigenvalue weighted by molar-refractivity contribution is -0.139. The highest BCUT2D eigenvalue weighted by Crippen LogP contribution is 2.12. The summed E-state index contributed by atoms with van der Waals surface area (Å²) in [6, 6.07) is 0. The van der Waals surface area contributed by atoms with Crippen LogP contribution in [0.2, 0.25) is 0 Å². The Kier molecular flexibility index (Phi) is 31.4. The third-order valence-corrected chi connectivity index (χ3v) is 6.35. The molecule has 35 heavy (non-hydrogen) atoms. The van der Waals surface area contributed by atoms with E-state index < -0.39 is 5.97 Å². The van der Waals surface area contributed by atoms with Crippen LogP contribution in [0.3, 0.4) is 0 Å². The normalized spacial score (nSPS) is 10.5. The Morgan fingerprint density at radius 3 is 1.31 bits per heavy atom. The number of hydrogen-bond donors (Lipinski definition) is 1. The predicted molar refractivity (Wildman–Crippen MR) is 151 cm³/mol. The molecule has 4 heteroatoms. The van der Waals surface area contributed by atoms with Crippen molar-refractivity contribution in [1.82, 2.24) is 0 Å².